The van der Waals surface area contributed by atoms with E-state index in [4.69, 9.17) is 21.4 Å². The Hall–Kier alpha value is -1.48. The molecule has 8 nitrogen and oxygen atoms in total. The van der Waals surface area contributed by atoms with Crippen LogP contribution in [-0.2, 0) is 4.74 Å². The van der Waals surface area contributed by atoms with Gasteiger partial charge in [0.15, 0.2) is 0 Å². The number of nitrogens with zero attached hydrogens (tertiary/aromatic N) is 3. The first-order valence-corrected chi connectivity index (χ1v) is 6.05. The second-order valence-corrected chi connectivity index (χ2v) is 4.63. The number of ether oxygens (including phenoxy) is 1. The second kappa shape index (κ2) is 4.57. The molecule has 3 heterocycles. The zero-order valence-electron chi connectivity index (χ0n) is 9.65. The number of aliphatic hydroxyl groups is 2. The van der Waals surface area contributed by atoms with Gasteiger partial charge in [0.2, 0.25) is 5.28 Å². The number of fused-ring (bicyclic) bond motifs is 1. The van der Waals surface area contributed by atoms with Gasteiger partial charge in [0.1, 0.15) is 23.5 Å². The number of aromatic nitrogens is 4. The lowest BCUT2D eigenvalue weighted by molar-refractivity contribution is -0.0431. The van der Waals surface area contributed by atoms with E-state index >= 15 is 0 Å². The molecule has 0 spiro atoms. The van der Waals surface area contributed by atoms with Gasteiger partial charge in [0, 0.05) is 6.42 Å². The first kappa shape index (κ1) is 12.5. The lowest BCUT2D eigenvalue weighted by Gasteiger charge is -2.14. The van der Waals surface area contributed by atoms with Crippen molar-refractivity contribution in [3.63, 3.8) is 0 Å². The summed E-state index contributed by atoms with van der Waals surface area (Å²) in [7, 11) is 0. The fourth-order valence-corrected chi connectivity index (χ4v) is 2.47. The Morgan fingerprint density at radius 1 is 1.63 bits per heavy atom. The molecule has 0 unspecified atom stereocenters. The Labute approximate surface area is 111 Å². The van der Waals surface area contributed by atoms with E-state index in [1.54, 1.807) is 0 Å². The largest absolute Gasteiger partial charge is 0.394 e. The van der Waals surface area contributed by atoms with Crippen molar-refractivity contribution in [1.82, 2.24) is 19.5 Å². The number of hydrogen-bond acceptors (Lipinski definition) is 6. The minimum absolute atomic E-state index is 0.120. The summed E-state index contributed by atoms with van der Waals surface area (Å²) in [6.45, 7) is -0.292. The predicted octanol–water partition coefficient (Wildman–Crippen LogP) is -0.586. The summed E-state index contributed by atoms with van der Waals surface area (Å²) in [6, 6.07) is 0. The fraction of sp³-hybridized carbons (Fsp3) is 0.500. The highest BCUT2D eigenvalue weighted by Crippen LogP contribution is 2.33. The predicted molar refractivity (Wildman–Crippen MR) is 64.8 cm³/mol. The SMILES string of the molecule is O=c1ncc2nc(Cl)n([C@@H]3C[C@@H](O)[C@H](CO)O3)c2[nH]1. The van der Waals surface area contributed by atoms with Crippen LogP contribution in [0.5, 0.6) is 0 Å². The van der Waals surface area contributed by atoms with E-state index in [1.165, 1.54) is 10.8 Å². The fourth-order valence-electron chi connectivity index (χ4n) is 2.19. The molecule has 3 rings (SSSR count). The van der Waals surface area contributed by atoms with E-state index < -0.39 is 24.1 Å². The maximum absolute atomic E-state index is 11.3. The molecule has 0 saturated carbocycles. The summed E-state index contributed by atoms with van der Waals surface area (Å²) in [5.74, 6) is 0. The van der Waals surface area contributed by atoms with Crippen LogP contribution in [-0.4, -0.2) is 48.5 Å². The van der Waals surface area contributed by atoms with Gasteiger partial charge in [-0.1, -0.05) is 0 Å². The van der Waals surface area contributed by atoms with Crippen molar-refractivity contribution in [1.29, 1.82) is 0 Å². The van der Waals surface area contributed by atoms with Gasteiger partial charge < -0.3 is 14.9 Å². The van der Waals surface area contributed by atoms with Crippen LogP contribution < -0.4 is 5.69 Å². The molecule has 0 radical (unpaired) electrons. The van der Waals surface area contributed by atoms with Gasteiger partial charge in [-0.2, -0.15) is 4.98 Å². The van der Waals surface area contributed by atoms with Crippen molar-refractivity contribution in [3.8, 4) is 0 Å². The van der Waals surface area contributed by atoms with Gasteiger partial charge in [-0.15, -0.1) is 0 Å². The quantitative estimate of drug-likeness (QED) is 0.636. The van der Waals surface area contributed by atoms with Crippen molar-refractivity contribution in [2.24, 2.45) is 0 Å². The molecule has 0 amide bonds. The highest BCUT2D eigenvalue weighted by atomic mass is 35.5. The number of halogens is 1. The van der Waals surface area contributed by atoms with Crippen LogP contribution in [0, 0.1) is 0 Å². The normalized spacial score (nSPS) is 27.2. The summed E-state index contributed by atoms with van der Waals surface area (Å²) in [5.41, 5.74) is 0.276. The van der Waals surface area contributed by atoms with Crippen molar-refractivity contribution < 1.29 is 14.9 Å². The van der Waals surface area contributed by atoms with Gasteiger partial charge in [-0.05, 0) is 11.6 Å². The van der Waals surface area contributed by atoms with Gasteiger partial charge in [-0.25, -0.2) is 9.78 Å². The molecule has 0 aromatic carbocycles. The average Bonchev–Trinajstić information content (AvgIpc) is 2.88. The van der Waals surface area contributed by atoms with Gasteiger partial charge >= 0.3 is 5.69 Å². The molecule has 1 aliphatic rings. The van der Waals surface area contributed by atoms with Gasteiger partial charge in [0.25, 0.3) is 0 Å². The first-order valence-electron chi connectivity index (χ1n) is 5.67. The third-order valence-electron chi connectivity index (χ3n) is 3.10. The van der Waals surface area contributed by atoms with E-state index in [0.717, 1.165) is 0 Å². The van der Waals surface area contributed by atoms with Gasteiger partial charge in [-0.3, -0.25) is 9.55 Å². The van der Waals surface area contributed by atoms with Crippen LogP contribution in [0.1, 0.15) is 12.6 Å². The smallest absolute Gasteiger partial charge is 0.346 e. The number of aromatic amines is 1. The maximum Gasteiger partial charge on any atom is 0.346 e. The van der Waals surface area contributed by atoms with Crippen molar-refractivity contribution in [3.05, 3.63) is 22.0 Å². The summed E-state index contributed by atoms with van der Waals surface area (Å²) >= 11 is 6.02. The third-order valence-corrected chi connectivity index (χ3v) is 3.36. The highest BCUT2D eigenvalue weighted by Gasteiger charge is 2.36. The van der Waals surface area contributed by atoms with Crippen LogP contribution in [0.15, 0.2) is 11.0 Å². The Morgan fingerprint density at radius 3 is 3.11 bits per heavy atom. The molecule has 1 aliphatic heterocycles. The molecule has 0 bridgehead atoms. The molecular formula is C10H11ClN4O4. The standard InChI is InChI=1S/C10H11ClN4O4/c11-9-13-4-2-12-10(18)14-8(4)15(9)7-1-5(17)6(3-16)19-7/h2,5-7,16-17H,1,3H2,(H,12,14,18)/t5-,6+,7+/m1/s1. The zero-order valence-corrected chi connectivity index (χ0v) is 10.4. The average molecular weight is 287 g/mol. The molecule has 9 heteroatoms. The number of nitrogens with one attached hydrogen (secondary N) is 1. The van der Waals surface area contributed by atoms with Crippen molar-refractivity contribution in [2.75, 3.05) is 6.61 Å². The van der Waals surface area contributed by atoms with Crippen LogP contribution in [0.4, 0.5) is 0 Å². The number of imidazole rings is 1. The van der Waals surface area contributed by atoms with E-state index in [0.29, 0.717) is 11.2 Å². The minimum atomic E-state index is -0.794. The van der Waals surface area contributed by atoms with Crippen LogP contribution in [0.25, 0.3) is 11.2 Å². The van der Waals surface area contributed by atoms with E-state index in [9.17, 15) is 9.90 Å². The maximum atomic E-state index is 11.3. The lowest BCUT2D eigenvalue weighted by Crippen LogP contribution is -2.24. The monoisotopic (exact) mass is 286 g/mol. The Kier molecular flexibility index (Phi) is 3.02. The molecule has 1 fully saturated rings. The summed E-state index contributed by atoms with van der Waals surface area (Å²) in [6.07, 6.45) is -0.501. The van der Waals surface area contributed by atoms with Crippen molar-refractivity contribution in [2.45, 2.75) is 24.9 Å². The number of H-pyrrole nitrogens is 1. The molecule has 1 saturated heterocycles. The number of rotatable bonds is 2. The topological polar surface area (TPSA) is 113 Å². The highest BCUT2D eigenvalue weighted by molar-refractivity contribution is 6.29. The minimum Gasteiger partial charge on any atom is -0.394 e. The Balaban J connectivity index is 2.08. The second-order valence-electron chi connectivity index (χ2n) is 4.29. The summed E-state index contributed by atoms with van der Waals surface area (Å²) in [5, 5.41) is 18.9. The summed E-state index contributed by atoms with van der Waals surface area (Å²) in [4.78, 5) is 21.4. The molecule has 19 heavy (non-hydrogen) atoms. The number of aliphatic hydroxyl groups excluding tert-OH is 2. The van der Waals surface area contributed by atoms with Crippen LogP contribution >= 0.6 is 11.6 Å². The van der Waals surface area contributed by atoms with Crippen LogP contribution in [0.2, 0.25) is 5.28 Å². The molecule has 2 aromatic heterocycles. The zero-order chi connectivity index (χ0) is 13.6. The molecule has 3 N–H and O–H groups in total. The molecule has 102 valence electrons. The van der Waals surface area contributed by atoms with Crippen molar-refractivity contribution >= 4 is 22.8 Å². The van der Waals surface area contributed by atoms with Gasteiger partial charge in [0.05, 0.1) is 18.9 Å². The molecule has 3 atom stereocenters. The Morgan fingerprint density at radius 2 is 2.42 bits per heavy atom. The molecular weight excluding hydrogens is 276 g/mol. The van der Waals surface area contributed by atoms with E-state index in [2.05, 4.69) is 15.0 Å². The first-order chi connectivity index (χ1) is 9.10. The molecule has 2 aromatic rings. The Bertz CT molecular complexity index is 669. The number of hydrogen-bond donors (Lipinski definition) is 3. The lowest BCUT2D eigenvalue weighted by atomic mass is 10.2. The third kappa shape index (κ3) is 2.02. The van der Waals surface area contributed by atoms with E-state index in [1.807, 2.05) is 0 Å². The summed E-state index contributed by atoms with van der Waals surface area (Å²) < 4.78 is 6.96. The van der Waals surface area contributed by atoms with E-state index in [-0.39, 0.29) is 18.3 Å². The molecule has 0 aliphatic carbocycles. The van der Waals surface area contributed by atoms with Crippen LogP contribution in [0.3, 0.4) is 0 Å².